The monoisotopic (exact) mass is 196 g/mol. The predicted octanol–water partition coefficient (Wildman–Crippen LogP) is 3.88. The van der Waals surface area contributed by atoms with E-state index in [-0.39, 0.29) is 0 Å². The van der Waals surface area contributed by atoms with Crippen LogP contribution in [-0.4, -0.2) is 17.6 Å². The van der Waals surface area contributed by atoms with Gasteiger partial charge in [-0.2, -0.15) is 0 Å². The minimum Gasteiger partial charge on any atom is -0.268 e. The minimum atomic E-state index is 0.350. The fraction of sp³-hybridized carbons (Fsp3) is 0.667. The number of nitrogens with zero attached hydrogens (tertiary/aromatic N) is 2. The van der Waals surface area contributed by atoms with Crippen molar-refractivity contribution in [1.29, 1.82) is 0 Å². The van der Waals surface area contributed by atoms with Crippen LogP contribution in [0.15, 0.2) is 22.6 Å². The van der Waals surface area contributed by atoms with E-state index in [0.717, 1.165) is 18.0 Å². The number of amidine groups is 1. The van der Waals surface area contributed by atoms with Gasteiger partial charge in [0.1, 0.15) is 5.84 Å². The van der Waals surface area contributed by atoms with Gasteiger partial charge in [0.25, 0.3) is 0 Å². The van der Waals surface area contributed by atoms with Crippen LogP contribution in [0.1, 0.15) is 48.0 Å². The van der Waals surface area contributed by atoms with E-state index in [1.807, 2.05) is 40.7 Å². The lowest BCUT2D eigenvalue weighted by atomic mass is 10.4. The summed E-state index contributed by atoms with van der Waals surface area (Å²) < 4.78 is 0. The molecule has 2 nitrogen and oxygen atoms in total. The van der Waals surface area contributed by atoms with Crippen LogP contribution >= 0.6 is 0 Å². The predicted molar refractivity (Wildman–Crippen MR) is 67.5 cm³/mol. The van der Waals surface area contributed by atoms with Gasteiger partial charge >= 0.3 is 0 Å². The molecule has 0 saturated heterocycles. The normalized spacial score (nSPS) is 10.4. The van der Waals surface area contributed by atoms with E-state index in [1.54, 1.807) is 0 Å². The number of aliphatic imine (C=N–C) groups is 2. The van der Waals surface area contributed by atoms with Crippen LogP contribution in [0.3, 0.4) is 0 Å². The lowest BCUT2D eigenvalue weighted by molar-refractivity contribution is 0.833. The first-order valence-corrected chi connectivity index (χ1v) is 5.11. The molecule has 0 amide bonds. The summed E-state index contributed by atoms with van der Waals surface area (Å²) in [5, 5.41) is 0. The number of hydrogen-bond acceptors (Lipinski definition) is 1. The molecule has 0 fully saturated rings. The summed E-state index contributed by atoms with van der Waals surface area (Å²) in [7, 11) is 0. The second kappa shape index (κ2) is 10.2. The van der Waals surface area contributed by atoms with Crippen LogP contribution in [0, 0.1) is 0 Å². The number of rotatable bonds is 2. The molecule has 0 aliphatic rings. The maximum atomic E-state index is 4.25. The van der Waals surface area contributed by atoms with Crippen molar-refractivity contribution in [2.75, 3.05) is 0 Å². The average Bonchev–Trinajstić information content (AvgIpc) is 2.01. The maximum Gasteiger partial charge on any atom is 0.120 e. The summed E-state index contributed by atoms with van der Waals surface area (Å²) in [6.45, 7) is 15.5. The first kappa shape index (κ1) is 15.5. The molecule has 0 N–H and O–H groups in total. The number of hydrogen-bond donors (Lipinski definition) is 0. The molecule has 0 rings (SSSR count). The molecule has 0 saturated carbocycles. The lowest BCUT2D eigenvalue weighted by Gasteiger charge is -1.97. The molecule has 0 heterocycles. The Hall–Kier alpha value is -0.920. The van der Waals surface area contributed by atoms with Gasteiger partial charge in [0.2, 0.25) is 0 Å². The molecule has 0 aliphatic carbocycles. The average molecular weight is 196 g/mol. The quantitative estimate of drug-likeness (QED) is 0.364. The summed E-state index contributed by atoms with van der Waals surface area (Å²) in [6.07, 6.45) is 2.96. The molecule has 0 radical (unpaired) electrons. The molecule has 0 spiro atoms. The molecule has 0 aromatic rings. The SMILES string of the molecule is C=CCC.CC(C)=NC(C)=NC(C)C. The van der Waals surface area contributed by atoms with Crippen molar-refractivity contribution < 1.29 is 0 Å². The molecule has 0 bridgehead atoms. The van der Waals surface area contributed by atoms with Crippen molar-refractivity contribution in [2.24, 2.45) is 9.98 Å². The summed E-state index contributed by atoms with van der Waals surface area (Å²) in [4.78, 5) is 8.43. The first-order chi connectivity index (χ1) is 6.43. The molecule has 2 heteroatoms. The van der Waals surface area contributed by atoms with Crippen LogP contribution in [0.5, 0.6) is 0 Å². The Labute approximate surface area is 88.9 Å². The Morgan fingerprint density at radius 3 is 1.93 bits per heavy atom. The molecule has 0 aromatic carbocycles. The topological polar surface area (TPSA) is 24.7 Å². The second-order valence-electron chi connectivity index (χ2n) is 3.53. The third kappa shape index (κ3) is 17.2. The molecule has 0 aliphatic heterocycles. The van der Waals surface area contributed by atoms with E-state index in [1.165, 1.54) is 0 Å². The number of allylic oxidation sites excluding steroid dienone is 1. The van der Waals surface area contributed by atoms with Gasteiger partial charge in [-0.05, 0) is 41.0 Å². The van der Waals surface area contributed by atoms with Gasteiger partial charge in [0, 0.05) is 11.8 Å². The highest BCUT2D eigenvalue weighted by Gasteiger charge is 1.88. The van der Waals surface area contributed by atoms with Gasteiger partial charge in [-0.1, -0.05) is 13.0 Å². The molecule has 14 heavy (non-hydrogen) atoms. The summed E-state index contributed by atoms with van der Waals surface area (Å²) >= 11 is 0. The molecule has 0 atom stereocenters. The van der Waals surface area contributed by atoms with Crippen LogP contribution in [0.2, 0.25) is 0 Å². The molecule has 0 aromatic heterocycles. The Kier molecular flexibility index (Phi) is 11.3. The van der Waals surface area contributed by atoms with Crippen molar-refractivity contribution in [3.63, 3.8) is 0 Å². The van der Waals surface area contributed by atoms with Crippen molar-refractivity contribution in [3.05, 3.63) is 12.7 Å². The molecular weight excluding hydrogens is 172 g/mol. The molecule has 0 unspecified atom stereocenters. The van der Waals surface area contributed by atoms with Gasteiger partial charge in [0.15, 0.2) is 0 Å². The third-order valence-electron chi connectivity index (χ3n) is 1.12. The van der Waals surface area contributed by atoms with Crippen molar-refractivity contribution in [2.45, 2.75) is 54.0 Å². The lowest BCUT2D eigenvalue weighted by Crippen LogP contribution is -1.97. The van der Waals surface area contributed by atoms with Gasteiger partial charge < -0.3 is 0 Å². The van der Waals surface area contributed by atoms with Crippen LogP contribution in [0.4, 0.5) is 0 Å². The highest BCUT2D eigenvalue weighted by molar-refractivity contribution is 5.94. The largest absolute Gasteiger partial charge is 0.268 e. The summed E-state index contributed by atoms with van der Waals surface area (Å²) in [5.74, 6) is 0.870. The van der Waals surface area contributed by atoms with Crippen molar-refractivity contribution in [3.8, 4) is 0 Å². The van der Waals surface area contributed by atoms with E-state index in [0.29, 0.717) is 6.04 Å². The zero-order valence-corrected chi connectivity index (χ0v) is 10.5. The Bertz CT molecular complexity index is 196. The molecule has 82 valence electrons. The summed E-state index contributed by atoms with van der Waals surface area (Å²) in [6, 6.07) is 0.350. The Morgan fingerprint density at radius 1 is 1.29 bits per heavy atom. The van der Waals surface area contributed by atoms with Crippen LogP contribution < -0.4 is 0 Å². The van der Waals surface area contributed by atoms with Gasteiger partial charge in [-0.25, -0.2) is 4.99 Å². The fourth-order valence-corrected chi connectivity index (χ4v) is 0.726. The van der Waals surface area contributed by atoms with E-state index in [9.17, 15) is 0 Å². The van der Waals surface area contributed by atoms with Gasteiger partial charge in [-0.15, -0.1) is 6.58 Å². The fourth-order valence-electron chi connectivity index (χ4n) is 0.726. The second-order valence-corrected chi connectivity index (χ2v) is 3.53. The highest BCUT2D eigenvalue weighted by Crippen LogP contribution is 1.89. The van der Waals surface area contributed by atoms with E-state index in [2.05, 4.69) is 23.5 Å². The Morgan fingerprint density at radius 2 is 1.71 bits per heavy atom. The minimum absolute atomic E-state index is 0.350. The van der Waals surface area contributed by atoms with E-state index < -0.39 is 0 Å². The van der Waals surface area contributed by atoms with E-state index >= 15 is 0 Å². The van der Waals surface area contributed by atoms with Crippen LogP contribution in [0.25, 0.3) is 0 Å². The van der Waals surface area contributed by atoms with Crippen molar-refractivity contribution in [1.82, 2.24) is 0 Å². The maximum absolute atomic E-state index is 4.25. The van der Waals surface area contributed by atoms with Crippen LogP contribution in [-0.2, 0) is 0 Å². The zero-order chi connectivity index (χ0) is 11.6. The smallest absolute Gasteiger partial charge is 0.120 e. The van der Waals surface area contributed by atoms with Crippen molar-refractivity contribution >= 4 is 11.5 Å². The third-order valence-corrected chi connectivity index (χ3v) is 1.12. The first-order valence-electron chi connectivity index (χ1n) is 5.11. The summed E-state index contributed by atoms with van der Waals surface area (Å²) in [5.41, 5.74) is 1.06. The van der Waals surface area contributed by atoms with Gasteiger partial charge in [-0.3, -0.25) is 4.99 Å². The standard InChI is InChI=1S/C8H16N2.C4H8/c1-6(2)9-8(5)10-7(3)4;1-3-4-2/h6H,1-5H3;3H,1,4H2,2H3. The highest BCUT2D eigenvalue weighted by atomic mass is 14.9. The Balaban J connectivity index is 0. The molecular formula is C12H24N2. The van der Waals surface area contributed by atoms with E-state index in [4.69, 9.17) is 0 Å². The zero-order valence-electron chi connectivity index (χ0n) is 10.5. The van der Waals surface area contributed by atoms with Gasteiger partial charge in [0.05, 0.1) is 0 Å².